The van der Waals surface area contributed by atoms with Crippen LogP contribution in [0.25, 0.3) is 111 Å². The number of benzene rings is 7. The maximum atomic E-state index is 6.35. The Morgan fingerprint density at radius 1 is 0.386 bits per heavy atom. The van der Waals surface area contributed by atoms with E-state index >= 15 is 0 Å². The first kappa shape index (κ1) is 31.5. The molecule has 0 aliphatic heterocycles. The molecular formula is C50H30N6O. The van der Waals surface area contributed by atoms with Crippen molar-refractivity contribution in [3.63, 3.8) is 0 Å². The van der Waals surface area contributed by atoms with E-state index in [2.05, 4.69) is 124 Å². The summed E-state index contributed by atoms with van der Waals surface area (Å²) in [4.78, 5) is 20.7. The summed E-state index contributed by atoms with van der Waals surface area (Å²) in [6, 6.07) is 60.6. The van der Waals surface area contributed by atoms with Gasteiger partial charge >= 0.3 is 0 Å². The smallest absolute Gasteiger partial charge is 0.238 e. The van der Waals surface area contributed by atoms with Gasteiger partial charge in [-0.25, -0.2) is 4.98 Å². The van der Waals surface area contributed by atoms with Gasteiger partial charge in [0.2, 0.25) is 5.95 Å². The van der Waals surface area contributed by atoms with E-state index in [0.29, 0.717) is 17.6 Å². The lowest BCUT2D eigenvalue weighted by molar-refractivity contribution is 0.669. The second-order valence-electron chi connectivity index (χ2n) is 14.2. The first-order chi connectivity index (χ1) is 28.3. The molecule has 266 valence electrons. The maximum Gasteiger partial charge on any atom is 0.238 e. The highest BCUT2D eigenvalue weighted by atomic mass is 16.3. The fourth-order valence-electron chi connectivity index (χ4n) is 8.66. The highest BCUT2D eigenvalue weighted by Crippen LogP contribution is 2.43. The summed E-state index contributed by atoms with van der Waals surface area (Å²) in [5.74, 6) is 1.69. The number of pyridine rings is 1. The number of hydrogen-bond donors (Lipinski definition) is 0. The number of furan rings is 1. The van der Waals surface area contributed by atoms with Gasteiger partial charge in [0.15, 0.2) is 11.6 Å². The Morgan fingerprint density at radius 3 is 1.88 bits per heavy atom. The maximum absolute atomic E-state index is 6.35. The molecule has 7 nitrogen and oxygen atoms in total. The Labute approximate surface area is 325 Å². The summed E-state index contributed by atoms with van der Waals surface area (Å²) < 4.78 is 10.8. The molecule has 0 saturated carbocycles. The minimum Gasteiger partial charge on any atom is -0.456 e. The van der Waals surface area contributed by atoms with Crippen molar-refractivity contribution >= 4 is 65.7 Å². The van der Waals surface area contributed by atoms with E-state index in [1.807, 2.05) is 66.9 Å². The van der Waals surface area contributed by atoms with Crippen LogP contribution in [0.5, 0.6) is 0 Å². The summed E-state index contributed by atoms with van der Waals surface area (Å²) in [6.45, 7) is 0. The molecule has 12 rings (SSSR count). The first-order valence-corrected chi connectivity index (χ1v) is 19.0. The highest BCUT2D eigenvalue weighted by Gasteiger charge is 2.23. The summed E-state index contributed by atoms with van der Waals surface area (Å²) in [5.41, 5.74) is 11.7. The average molecular weight is 731 g/mol. The topological polar surface area (TPSA) is 74.6 Å². The molecule has 5 heterocycles. The Bertz CT molecular complexity index is 3490. The van der Waals surface area contributed by atoms with Gasteiger partial charge in [0.05, 0.1) is 33.3 Å². The van der Waals surface area contributed by atoms with Gasteiger partial charge in [0, 0.05) is 44.3 Å². The number of hydrogen-bond acceptors (Lipinski definition) is 5. The highest BCUT2D eigenvalue weighted by molar-refractivity contribution is 6.21. The van der Waals surface area contributed by atoms with Crippen LogP contribution in [0.4, 0.5) is 0 Å². The molecule has 0 aliphatic carbocycles. The predicted octanol–water partition coefficient (Wildman–Crippen LogP) is 12.4. The van der Waals surface area contributed by atoms with Crippen LogP contribution in [0.3, 0.4) is 0 Å². The average Bonchev–Trinajstić information content (AvgIpc) is 3.94. The minimum atomic E-state index is 0.535. The van der Waals surface area contributed by atoms with Crippen molar-refractivity contribution in [3.8, 4) is 45.5 Å². The Balaban J connectivity index is 1.15. The van der Waals surface area contributed by atoms with Crippen LogP contribution in [0.2, 0.25) is 0 Å². The molecule has 0 aliphatic rings. The van der Waals surface area contributed by atoms with Crippen LogP contribution in [-0.4, -0.2) is 29.1 Å². The number of fused-ring (bicyclic) bond motifs is 9. The zero-order valence-corrected chi connectivity index (χ0v) is 30.4. The summed E-state index contributed by atoms with van der Waals surface area (Å²) in [6.07, 6.45) is 1.85. The van der Waals surface area contributed by atoms with Crippen molar-refractivity contribution in [1.82, 2.24) is 29.1 Å². The predicted molar refractivity (Wildman–Crippen MR) is 230 cm³/mol. The van der Waals surface area contributed by atoms with Gasteiger partial charge in [-0.05, 0) is 65.7 Å². The van der Waals surface area contributed by atoms with Crippen LogP contribution < -0.4 is 0 Å². The zero-order chi connectivity index (χ0) is 37.5. The van der Waals surface area contributed by atoms with E-state index in [9.17, 15) is 0 Å². The molecule has 0 fully saturated rings. The van der Waals surface area contributed by atoms with Crippen molar-refractivity contribution in [2.75, 3.05) is 0 Å². The molecule has 7 heteroatoms. The third-order valence-corrected chi connectivity index (χ3v) is 11.1. The lowest BCUT2D eigenvalue weighted by Gasteiger charge is -2.15. The second-order valence-corrected chi connectivity index (χ2v) is 14.2. The molecule has 57 heavy (non-hydrogen) atoms. The van der Waals surface area contributed by atoms with Crippen molar-refractivity contribution in [2.24, 2.45) is 0 Å². The van der Waals surface area contributed by atoms with Gasteiger partial charge < -0.3 is 8.98 Å². The number of aromatic nitrogens is 6. The van der Waals surface area contributed by atoms with Crippen LogP contribution in [-0.2, 0) is 0 Å². The number of nitrogens with zero attached hydrogens (tertiary/aromatic N) is 6. The second kappa shape index (κ2) is 12.3. The van der Waals surface area contributed by atoms with Crippen molar-refractivity contribution in [3.05, 3.63) is 182 Å². The Morgan fingerprint density at radius 2 is 1.00 bits per heavy atom. The summed E-state index contributed by atoms with van der Waals surface area (Å²) >= 11 is 0. The van der Waals surface area contributed by atoms with E-state index < -0.39 is 0 Å². The van der Waals surface area contributed by atoms with E-state index in [-0.39, 0.29) is 0 Å². The first-order valence-electron chi connectivity index (χ1n) is 19.0. The normalized spacial score (nSPS) is 11.9. The fourth-order valence-corrected chi connectivity index (χ4v) is 8.66. The van der Waals surface area contributed by atoms with Gasteiger partial charge in [0.25, 0.3) is 0 Å². The van der Waals surface area contributed by atoms with Crippen molar-refractivity contribution < 1.29 is 4.42 Å². The minimum absolute atomic E-state index is 0.535. The standard InChI is InChI=1S/C50H30N6O/c1-2-15-31(16-3-1)48-52-49(36-19-6-10-25-40(36)55-39-24-9-5-18-35(39)47-42(55)27-14-30-51-47)54-50(53-48)56-38-23-8-4-17-34(38)45-32(21-12-26-41(45)56)33-22-13-29-44-46(33)37-20-7-11-28-43(37)57-44/h1-30H. The van der Waals surface area contributed by atoms with Gasteiger partial charge in [0.1, 0.15) is 11.2 Å². The molecule has 0 atom stereocenters. The van der Waals surface area contributed by atoms with Gasteiger partial charge in [-0.2, -0.15) is 9.97 Å². The fraction of sp³-hybridized carbons (Fsp3) is 0. The lowest BCUT2D eigenvalue weighted by atomic mass is 9.95. The van der Waals surface area contributed by atoms with Crippen LogP contribution in [0.1, 0.15) is 0 Å². The van der Waals surface area contributed by atoms with Crippen LogP contribution in [0, 0.1) is 0 Å². The molecule has 0 spiro atoms. The lowest BCUT2D eigenvalue weighted by Crippen LogP contribution is -2.07. The van der Waals surface area contributed by atoms with Gasteiger partial charge in [-0.1, -0.05) is 121 Å². The molecule has 0 radical (unpaired) electrons. The van der Waals surface area contributed by atoms with Crippen LogP contribution >= 0.6 is 0 Å². The third-order valence-electron chi connectivity index (χ3n) is 11.1. The Kier molecular flexibility index (Phi) is 6.79. The molecule has 0 unspecified atom stereocenters. The monoisotopic (exact) mass is 730 g/mol. The SMILES string of the molecule is c1ccc(-c2nc(-c3ccccc3-n3c4ccccc4c4ncccc43)nc(-n3c4ccccc4c4c(-c5cccc6oc7ccccc7c56)cccc43)n2)cc1. The van der Waals surface area contributed by atoms with E-state index in [0.717, 1.165) is 93.6 Å². The molecule has 7 aromatic carbocycles. The van der Waals surface area contributed by atoms with E-state index in [1.54, 1.807) is 0 Å². The van der Waals surface area contributed by atoms with Crippen molar-refractivity contribution in [1.29, 1.82) is 0 Å². The van der Waals surface area contributed by atoms with Crippen molar-refractivity contribution in [2.45, 2.75) is 0 Å². The summed E-state index contributed by atoms with van der Waals surface area (Å²) in [5, 5.41) is 5.50. The molecule has 0 saturated heterocycles. The molecular weight excluding hydrogens is 701 g/mol. The van der Waals surface area contributed by atoms with E-state index in [4.69, 9.17) is 24.4 Å². The molecule has 0 bridgehead atoms. The van der Waals surface area contributed by atoms with Gasteiger partial charge in [-0.3, -0.25) is 9.55 Å². The summed E-state index contributed by atoms with van der Waals surface area (Å²) in [7, 11) is 0. The zero-order valence-electron chi connectivity index (χ0n) is 30.4. The third kappa shape index (κ3) is 4.72. The van der Waals surface area contributed by atoms with Crippen LogP contribution in [0.15, 0.2) is 187 Å². The largest absolute Gasteiger partial charge is 0.456 e. The molecule has 12 aromatic rings. The van der Waals surface area contributed by atoms with Gasteiger partial charge in [-0.15, -0.1) is 0 Å². The number of para-hydroxylation sites is 4. The Hall–Kier alpha value is -7.90. The molecule has 5 aromatic heterocycles. The molecule has 0 amide bonds. The number of rotatable bonds is 5. The quantitative estimate of drug-likeness (QED) is 0.176. The van der Waals surface area contributed by atoms with E-state index in [1.165, 1.54) is 0 Å². The molecule has 0 N–H and O–H groups in total.